The molecule has 2 heterocycles. The minimum Gasteiger partial charge on any atom is -0.322 e. The van der Waals surface area contributed by atoms with Crippen molar-refractivity contribution < 1.29 is 13.2 Å². The molecule has 1 aromatic heterocycles. The number of benzene rings is 2. The number of carbonyl (C=O) groups is 1. The van der Waals surface area contributed by atoms with Crippen molar-refractivity contribution in [3.8, 4) is 5.69 Å². The number of anilines is 1. The molecule has 1 aliphatic heterocycles. The number of hydrogen-bond donors (Lipinski definition) is 1. The van der Waals surface area contributed by atoms with Crippen LogP contribution in [0.1, 0.15) is 29.6 Å². The van der Waals surface area contributed by atoms with Crippen molar-refractivity contribution in [2.45, 2.75) is 24.2 Å². The number of carbonyl (C=O) groups excluding carboxylic acids is 1. The smallest absolute Gasteiger partial charge is 0.255 e. The summed E-state index contributed by atoms with van der Waals surface area (Å²) in [6, 6.07) is 11.6. The van der Waals surface area contributed by atoms with Crippen molar-refractivity contribution in [3.63, 3.8) is 0 Å². The first-order chi connectivity index (χ1) is 14.4. The van der Waals surface area contributed by atoms with Crippen LogP contribution in [-0.4, -0.2) is 41.3 Å². The second-order valence-electron chi connectivity index (χ2n) is 7.08. The summed E-state index contributed by atoms with van der Waals surface area (Å²) in [7, 11) is -3.74. The summed E-state index contributed by atoms with van der Waals surface area (Å²) in [6.07, 6.45) is 7.86. The minimum absolute atomic E-state index is 0.0332. The molecule has 0 unspecified atom stereocenters. The predicted octanol–water partition coefficient (Wildman–Crippen LogP) is 3.95. The molecule has 3 aromatic rings. The zero-order valence-corrected chi connectivity index (χ0v) is 17.7. The highest BCUT2D eigenvalue weighted by Gasteiger charge is 2.28. The van der Waals surface area contributed by atoms with Crippen LogP contribution < -0.4 is 5.32 Å². The van der Waals surface area contributed by atoms with Crippen LogP contribution in [0.4, 0.5) is 5.69 Å². The molecule has 7 nitrogen and oxygen atoms in total. The molecule has 9 heteroatoms. The number of piperidine rings is 1. The summed E-state index contributed by atoms with van der Waals surface area (Å²) in [4.78, 5) is 16.7. The number of sulfonamides is 1. The molecule has 1 saturated heterocycles. The molecule has 0 saturated carbocycles. The fourth-order valence-electron chi connectivity index (χ4n) is 3.42. The van der Waals surface area contributed by atoms with Gasteiger partial charge in [-0.25, -0.2) is 13.4 Å². The fraction of sp³-hybridized carbons (Fsp3) is 0.238. The fourth-order valence-corrected chi connectivity index (χ4v) is 5.44. The molecular weight excluding hydrogens is 424 g/mol. The maximum Gasteiger partial charge on any atom is 0.255 e. The standard InChI is InChI=1S/C21H21ClN4O3S/c22-19-9-4-16(14-20(19)30(28,29)26-11-2-1-3-12-26)21(27)24-17-5-7-18(8-6-17)25-13-10-23-15-25/h4-10,13-15H,1-3,11-12H2,(H,24,27). The number of aromatic nitrogens is 2. The maximum atomic E-state index is 13.0. The van der Waals surface area contributed by atoms with Gasteiger partial charge in [0.1, 0.15) is 4.90 Å². The van der Waals surface area contributed by atoms with Crippen LogP contribution in [0.25, 0.3) is 5.69 Å². The lowest BCUT2D eigenvalue weighted by Crippen LogP contribution is -2.35. The first-order valence-electron chi connectivity index (χ1n) is 9.64. The van der Waals surface area contributed by atoms with Crippen molar-refractivity contribution in [1.82, 2.24) is 13.9 Å². The van der Waals surface area contributed by atoms with E-state index in [0.29, 0.717) is 18.8 Å². The van der Waals surface area contributed by atoms with Crippen LogP contribution in [0.3, 0.4) is 0 Å². The molecule has 4 rings (SSSR count). The third-order valence-electron chi connectivity index (χ3n) is 5.05. The zero-order chi connectivity index (χ0) is 21.1. The third kappa shape index (κ3) is 4.26. The molecule has 1 amide bonds. The van der Waals surface area contributed by atoms with Crippen molar-refractivity contribution in [2.24, 2.45) is 0 Å². The Kier molecular flexibility index (Phi) is 5.90. The van der Waals surface area contributed by atoms with E-state index in [1.54, 1.807) is 24.7 Å². The largest absolute Gasteiger partial charge is 0.322 e. The average Bonchev–Trinajstić information content (AvgIpc) is 3.30. The Balaban J connectivity index is 1.54. The molecule has 0 spiro atoms. The van der Waals surface area contributed by atoms with Gasteiger partial charge in [0, 0.05) is 42.4 Å². The Morgan fingerprint density at radius 1 is 1.03 bits per heavy atom. The number of halogens is 1. The number of nitrogens with zero attached hydrogens (tertiary/aromatic N) is 3. The molecule has 1 fully saturated rings. The molecule has 156 valence electrons. The van der Waals surface area contributed by atoms with E-state index < -0.39 is 15.9 Å². The lowest BCUT2D eigenvalue weighted by molar-refractivity contribution is 0.102. The number of rotatable bonds is 5. The van der Waals surface area contributed by atoms with Crippen LogP contribution in [0.5, 0.6) is 0 Å². The minimum atomic E-state index is -3.74. The van der Waals surface area contributed by atoms with E-state index in [4.69, 9.17) is 11.6 Å². The van der Waals surface area contributed by atoms with Crippen LogP contribution in [-0.2, 0) is 10.0 Å². The predicted molar refractivity (Wildman–Crippen MR) is 116 cm³/mol. The van der Waals surface area contributed by atoms with Crippen molar-refractivity contribution in [3.05, 3.63) is 71.8 Å². The molecular formula is C21H21ClN4O3S. The van der Waals surface area contributed by atoms with Gasteiger partial charge in [-0.05, 0) is 55.3 Å². The van der Waals surface area contributed by atoms with Crippen molar-refractivity contribution in [2.75, 3.05) is 18.4 Å². The van der Waals surface area contributed by atoms with Gasteiger partial charge in [0.25, 0.3) is 5.91 Å². The number of amides is 1. The Hall–Kier alpha value is -2.68. The Labute approximate surface area is 180 Å². The van der Waals surface area contributed by atoms with Crippen LogP contribution in [0.2, 0.25) is 5.02 Å². The number of hydrogen-bond acceptors (Lipinski definition) is 4. The van der Waals surface area contributed by atoms with Gasteiger partial charge in [0.05, 0.1) is 11.3 Å². The lowest BCUT2D eigenvalue weighted by atomic mass is 10.2. The Morgan fingerprint density at radius 2 is 1.77 bits per heavy atom. The molecule has 2 aromatic carbocycles. The van der Waals surface area contributed by atoms with Gasteiger partial charge in [0.2, 0.25) is 10.0 Å². The van der Waals surface area contributed by atoms with Gasteiger partial charge in [-0.2, -0.15) is 4.31 Å². The summed E-state index contributed by atoms with van der Waals surface area (Å²) >= 11 is 6.19. The third-order valence-corrected chi connectivity index (χ3v) is 7.43. The summed E-state index contributed by atoms with van der Waals surface area (Å²) in [5.74, 6) is -0.405. The van der Waals surface area contributed by atoms with Crippen LogP contribution in [0, 0.1) is 0 Å². The highest BCUT2D eigenvalue weighted by atomic mass is 35.5. The van der Waals surface area contributed by atoms with Gasteiger partial charge in [-0.3, -0.25) is 4.79 Å². The van der Waals surface area contributed by atoms with Gasteiger partial charge in [-0.1, -0.05) is 18.0 Å². The van der Waals surface area contributed by atoms with Gasteiger partial charge >= 0.3 is 0 Å². The maximum absolute atomic E-state index is 13.0. The lowest BCUT2D eigenvalue weighted by Gasteiger charge is -2.26. The quantitative estimate of drug-likeness (QED) is 0.645. The average molecular weight is 445 g/mol. The zero-order valence-electron chi connectivity index (χ0n) is 16.2. The SMILES string of the molecule is O=C(Nc1ccc(-n2ccnc2)cc1)c1ccc(Cl)c(S(=O)(=O)N2CCCCC2)c1. The van der Waals surface area contributed by atoms with E-state index in [1.165, 1.54) is 22.5 Å². The first kappa shape index (κ1) is 20.6. The monoisotopic (exact) mass is 444 g/mol. The number of nitrogens with one attached hydrogen (secondary N) is 1. The van der Waals surface area contributed by atoms with Gasteiger partial charge in [-0.15, -0.1) is 0 Å². The number of imidazole rings is 1. The van der Waals surface area contributed by atoms with Gasteiger partial charge < -0.3 is 9.88 Å². The second-order valence-corrected chi connectivity index (χ2v) is 9.39. The second kappa shape index (κ2) is 8.59. The van der Waals surface area contributed by atoms with Crippen molar-refractivity contribution >= 4 is 33.2 Å². The van der Waals surface area contributed by atoms with E-state index in [9.17, 15) is 13.2 Å². The molecule has 30 heavy (non-hydrogen) atoms. The highest BCUT2D eigenvalue weighted by molar-refractivity contribution is 7.89. The van der Waals surface area contributed by atoms with E-state index in [1.807, 2.05) is 22.9 Å². The topological polar surface area (TPSA) is 84.3 Å². The molecule has 0 bridgehead atoms. The van der Waals surface area contributed by atoms with Crippen molar-refractivity contribution in [1.29, 1.82) is 0 Å². The van der Waals surface area contributed by atoms with E-state index >= 15 is 0 Å². The Morgan fingerprint density at radius 3 is 2.43 bits per heavy atom. The summed E-state index contributed by atoms with van der Waals surface area (Å²) in [5.41, 5.74) is 1.74. The summed E-state index contributed by atoms with van der Waals surface area (Å²) in [5, 5.41) is 2.91. The molecule has 1 aliphatic rings. The van der Waals surface area contributed by atoms with E-state index in [-0.39, 0.29) is 15.5 Å². The highest BCUT2D eigenvalue weighted by Crippen LogP contribution is 2.28. The van der Waals surface area contributed by atoms with Gasteiger partial charge in [0.15, 0.2) is 0 Å². The first-order valence-corrected chi connectivity index (χ1v) is 11.5. The summed E-state index contributed by atoms with van der Waals surface area (Å²) < 4.78 is 29.3. The van der Waals surface area contributed by atoms with Crippen LogP contribution >= 0.6 is 11.6 Å². The van der Waals surface area contributed by atoms with Crippen LogP contribution in [0.15, 0.2) is 66.1 Å². The molecule has 1 N–H and O–H groups in total. The molecule has 0 aliphatic carbocycles. The normalized spacial score (nSPS) is 15.1. The van der Waals surface area contributed by atoms with E-state index in [0.717, 1.165) is 24.9 Å². The molecule has 0 atom stereocenters. The molecule has 0 radical (unpaired) electrons. The van der Waals surface area contributed by atoms with E-state index in [2.05, 4.69) is 10.3 Å². The summed E-state index contributed by atoms with van der Waals surface area (Å²) in [6.45, 7) is 0.941. The Bertz CT molecular complexity index is 1140.